The van der Waals surface area contributed by atoms with Crippen LogP contribution in [-0.4, -0.2) is 11.1 Å². The van der Waals surface area contributed by atoms with Crippen LogP contribution in [0.2, 0.25) is 0 Å². The van der Waals surface area contributed by atoms with Crippen LogP contribution in [-0.2, 0) is 11.2 Å². The minimum absolute atomic E-state index is 0.0837. The molecule has 0 atom stereocenters. The van der Waals surface area contributed by atoms with Crippen LogP contribution in [0.15, 0.2) is 36.4 Å². The molecule has 0 saturated carbocycles. The Balaban J connectivity index is 2.60. The first kappa shape index (κ1) is 9.71. The maximum absolute atomic E-state index is 10.7. The van der Waals surface area contributed by atoms with E-state index >= 15 is 0 Å². The lowest BCUT2D eigenvalue weighted by Gasteiger charge is -2.04. The first-order chi connectivity index (χ1) is 7.16. The molecule has 0 aliphatic heterocycles. The number of rotatable bonds is 2. The Labute approximate surface area is 88.2 Å². The summed E-state index contributed by atoms with van der Waals surface area (Å²) in [4.78, 5) is 10.7. The first-order valence-corrected chi connectivity index (χ1v) is 4.87. The zero-order valence-electron chi connectivity index (χ0n) is 8.53. The van der Waals surface area contributed by atoms with Gasteiger partial charge in [-0.2, -0.15) is 0 Å². The number of carboxylic acid groups (broad SMARTS) is 1. The summed E-state index contributed by atoms with van der Waals surface area (Å²) >= 11 is 0. The van der Waals surface area contributed by atoms with Crippen molar-refractivity contribution in [2.45, 2.75) is 13.3 Å². The molecule has 2 aromatic rings. The minimum atomic E-state index is -0.789. The Kier molecular flexibility index (Phi) is 2.42. The fourth-order valence-electron chi connectivity index (χ4n) is 1.79. The van der Waals surface area contributed by atoms with Gasteiger partial charge in [-0.25, -0.2) is 0 Å². The van der Waals surface area contributed by atoms with Gasteiger partial charge < -0.3 is 5.11 Å². The van der Waals surface area contributed by atoms with Gasteiger partial charge in [-0.1, -0.05) is 42.0 Å². The lowest BCUT2D eigenvalue weighted by Crippen LogP contribution is -2.00. The molecule has 0 amide bonds. The molecule has 0 heterocycles. The number of carbonyl (C=O) groups is 1. The summed E-state index contributed by atoms with van der Waals surface area (Å²) in [5.74, 6) is -0.789. The van der Waals surface area contributed by atoms with Crippen molar-refractivity contribution in [1.82, 2.24) is 0 Å². The van der Waals surface area contributed by atoms with E-state index in [9.17, 15) is 4.79 Å². The van der Waals surface area contributed by atoms with E-state index in [0.717, 1.165) is 16.3 Å². The van der Waals surface area contributed by atoms with Crippen molar-refractivity contribution in [3.8, 4) is 0 Å². The number of benzene rings is 2. The average molecular weight is 200 g/mol. The summed E-state index contributed by atoms with van der Waals surface area (Å²) in [7, 11) is 0. The van der Waals surface area contributed by atoms with Crippen molar-refractivity contribution >= 4 is 16.7 Å². The molecule has 2 nitrogen and oxygen atoms in total. The van der Waals surface area contributed by atoms with Gasteiger partial charge in [0.15, 0.2) is 0 Å². The second kappa shape index (κ2) is 3.73. The summed E-state index contributed by atoms with van der Waals surface area (Å²) in [6, 6.07) is 11.8. The number of fused-ring (bicyclic) bond motifs is 1. The van der Waals surface area contributed by atoms with Crippen LogP contribution in [0.4, 0.5) is 0 Å². The van der Waals surface area contributed by atoms with Crippen LogP contribution in [0.3, 0.4) is 0 Å². The largest absolute Gasteiger partial charge is 0.481 e. The zero-order valence-corrected chi connectivity index (χ0v) is 8.53. The monoisotopic (exact) mass is 200 g/mol. The molecule has 0 aromatic heterocycles. The zero-order chi connectivity index (χ0) is 10.8. The van der Waals surface area contributed by atoms with Gasteiger partial charge in [0.25, 0.3) is 0 Å². The lowest BCUT2D eigenvalue weighted by atomic mass is 10.0. The van der Waals surface area contributed by atoms with E-state index in [0.29, 0.717) is 0 Å². The van der Waals surface area contributed by atoms with Gasteiger partial charge in [0, 0.05) is 0 Å². The molecule has 1 N–H and O–H groups in total. The maximum Gasteiger partial charge on any atom is 0.307 e. The smallest absolute Gasteiger partial charge is 0.307 e. The van der Waals surface area contributed by atoms with Crippen molar-refractivity contribution in [2.24, 2.45) is 0 Å². The van der Waals surface area contributed by atoms with E-state index in [4.69, 9.17) is 5.11 Å². The van der Waals surface area contributed by atoms with Crippen molar-refractivity contribution in [3.05, 3.63) is 47.5 Å². The third-order valence-corrected chi connectivity index (χ3v) is 2.47. The van der Waals surface area contributed by atoms with E-state index < -0.39 is 5.97 Å². The summed E-state index contributed by atoms with van der Waals surface area (Å²) in [5.41, 5.74) is 2.06. The molecule has 2 rings (SSSR count). The predicted octanol–water partition coefficient (Wildman–Crippen LogP) is 2.78. The molecule has 0 aliphatic carbocycles. The number of hydrogen-bond donors (Lipinski definition) is 1. The van der Waals surface area contributed by atoms with E-state index in [1.54, 1.807) is 0 Å². The topological polar surface area (TPSA) is 37.3 Å². The normalized spacial score (nSPS) is 10.5. The predicted molar refractivity (Wildman–Crippen MR) is 60.0 cm³/mol. The third kappa shape index (κ3) is 1.99. The Morgan fingerprint density at radius 1 is 1.27 bits per heavy atom. The molecule has 0 fully saturated rings. The molecule has 0 bridgehead atoms. The highest BCUT2D eigenvalue weighted by molar-refractivity contribution is 5.89. The average Bonchev–Trinajstić information content (AvgIpc) is 2.16. The van der Waals surface area contributed by atoms with E-state index in [2.05, 4.69) is 6.07 Å². The molecule has 76 valence electrons. The summed E-state index contributed by atoms with van der Waals surface area (Å²) in [5, 5.41) is 10.9. The van der Waals surface area contributed by atoms with E-state index in [-0.39, 0.29) is 6.42 Å². The number of carboxylic acids is 1. The van der Waals surface area contributed by atoms with Crippen LogP contribution in [0.25, 0.3) is 10.8 Å². The quantitative estimate of drug-likeness (QED) is 0.809. The maximum atomic E-state index is 10.7. The van der Waals surface area contributed by atoms with Crippen LogP contribution in [0.1, 0.15) is 11.1 Å². The highest BCUT2D eigenvalue weighted by Gasteiger charge is 2.04. The Bertz CT molecular complexity index is 515. The molecular weight excluding hydrogens is 188 g/mol. The summed E-state index contributed by atoms with van der Waals surface area (Å²) in [6.07, 6.45) is 0.0837. The highest BCUT2D eigenvalue weighted by atomic mass is 16.4. The van der Waals surface area contributed by atoms with Crippen LogP contribution in [0, 0.1) is 6.92 Å². The fourth-order valence-corrected chi connectivity index (χ4v) is 1.79. The van der Waals surface area contributed by atoms with E-state index in [1.165, 1.54) is 5.56 Å². The van der Waals surface area contributed by atoms with Crippen LogP contribution < -0.4 is 0 Å². The molecule has 0 spiro atoms. The van der Waals surface area contributed by atoms with Gasteiger partial charge in [0.05, 0.1) is 6.42 Å². The number of aliphatic carboxylic acids is 1. The van der Waals surface area contributed by atoms with Gasteiger partial charge in [-0.15, -0.1) is 0 Å². The Morgan fingerprint density at radius 3 is 2.80 bits per heavy atom. The second-order valence-electron chi connectivity index (χ2n) is 3.71. The lowest BCUT2D eigenvalue weighted by molar-refractivity contribution is -0.136. The SMILES string of the molecule is Cc1ccc2c(CC(=O)O)cccc2c1. The molecule has 0 saturated heterocycles. The Morgan fingerprint density at radius 2 is 2.07 bits per heavy atom. The molecule has 2 heteroatoms. The fraction of sp³-hybridized carbons (Fsp3) is 0.154. The highest BCUT2D eigenvalue weighted by Crippen LogP contribution is 2.20. The number of hydrogen-bond acceptors (Lipinski definition) is 1. The molecule has 0 aliphatic rings. The van der Waals surface area contributed by atoms with Gasteiger partial charge in [0.1, 0.15) is 0 Å². The first-order valence-electron chi connectivity index (χ1n) is 4.87. The van der Waals surface area contributed by atoms with Gasteiger partial charge in [0.2, 0.25) is 0 Å². The van der Waals surface area contributed by atoms with Gasteiger partial charge in [-0.3, -0.25) is 4.79 Å². The third-order valence-electron chi connectivity index (χ3n) is 2.47. The Hall–Kier alpha value is -1.83. The molecule has 0 unspecified atom stereocenters. The van der Waals surface area contributed by atoms with Crippen molar-refractivity contribution in [1.29, 1.82) is 0 Å². The molecule has 15 heavy (non-hydrogen) atoms. The van der Waals surface area contributed by atoms with Crippen molar-refractivity contribution in [3.63, 3.8) is 0 Å². The van der Waals surface area contributed by atoms with Crippen molar-refractivity contribution in [2.75, 3.05) is 0 Å². The molecular formula is C13H12O2. The number of aryl methyl sites for hydroxylation is 1. The van der Waals surface area contributed by atoms with Crippen molar-refractivity contribution < 1.29 is 9.90 Å². The molecule has 0 radical (unpaired) electrons. The van der Waals surface area contributed by atoms with Crippen LogP contribution >= 0.6 is 0 Å². The van der Waals surface area contributed by atoms with Gasteiger partial charge >= 0.3 is 5.97 Å². The standard InChI is InChI=1S/C13H12O2/c1-9-5-6-12-10(7-9)3-2-4-11(12)8-13(14)15/h2-7H,8H2,1H3,(H,14,15). The van der Waals surface area contributed by atoms with E-state index in [1.807, 2.05) is 37.3 Å². The summed E-state index contributed by atoms with van der Waals surface area (Å²) in [6.45, 7) is 2.03. The minimum Gasteiger partial charge on any atom is -0.481 e. The molecule has 2 aromatic carbocycles. The van der Waals surface area contributed by atoms with Crippen LogP contribution in [0.5, 0.6) is 0 Å². The van der Waals surface area contributed by atoms with Gasteiger partial charge in [-0.05, 0) is 23.3 Å². The second-order valence-corrected chi connectivity index (χ2v) is 3.71. The summed E-state index contributed by atoms with van der Waals surface area (Å²) < 4.78 is 0.